The molecule has 1 aliphatic rings. The quantitative estimate of drug-likeness (QED) is 0.832. The highest BCUT2D eigenvalue weighted by molar-refractivity contribution is 9.10. The van der Waals surface area contributed by atoms with Crippen molar-refractivity contribution in [3.63, 3.8) is 0 Å². The molecule has 4 nitrogen and oxygen atoms in total. The summed E-state index contributed by atoms with van der Waals surface area (Å²) in [5.41, 5.74) is 0. The van der Waals surface area contributed by atoms with Gasteiger partial charge in [0.05, 0.1) is 6.54 Å². The van der Waals surface area contributed by atoms with E-state index < -0.39 is 0 Å². The van der Waals surface area contributed by atoms with E-state index in [2.05, 4.69) is 21.2 Å². The third-order valence-electron chi connectivity index (χ3n) is 2.71. The topological polar surface area (TPSA) is 49.4 Å². The smallest absolute Gasteiger partial charge is 0.325 e. The van der Waals surface area contributed by atoms with Gasteiger partial charge >= 0.3 is 6.03 Å². The van der Waals surface area contributed by atoms with Crippen molar-refractivity contribution in [1.29, 1.82) is 0 Å². The second-order valence-corrected chi connectivity index (χ2v) is 6.74. The highest BCUT2D eigenvalue weighted by Crippen LogP contribution is 2.25. The van der Waals surface area contributed by atoms with Crippen molar-refractivity contribution in [2.45, 2.75) is 19.0 Å². The Kier molecular flexibility index (Phi) is 4.69. The second-order valence-electron chi connectivity index (χ2n) is 3.90. The lowest BCUT2D eigenvalue weighted by atomic mass is 10.2. The monoisotopic (exact) mass is 348 g/mol. The van der Waals surface area contributed by atoms with Crippen molar-refractivity contribution < 1.29 is 9.59 Å². The summed E-state index contributed by atoms with van der Waals surface area (Å²) in [7, 11) is 0. The van der Waals surface area contributed by atoms with E-state index in [1.54, 1.807) is 11.8 Å². The van der Waals surface area contributed by atoms with E-state index in [1.807, 2.05) is 17.7 Å². The van der Waals surface area contributed by atoms with E-state index in [1.165, 1.54) is 16.2 Å². The van der Waals surface area contributed by atoms with Crippen molar-refractivity contribution in [1.82, 2.24) is 10.2 Å². The van der Waals surface area contributed by atoms with Gasteiger partial charge in [-0.3, -0.25) is 9.69 Å². The molecule has 1 aromatic rings. The minimum atomic E-state index is -0.358. The number of thiophene rings is 1. The number of carbonyl (C=O) groups excluding carboxylic acids is 2. The first-order chi connectivity index (χ1) is 8.63. The third kappa shape index (κ3) is 2.89. The van der Waals surface area contributed by atoms with Crippen LogP contribution in [0, 0.1) is 0 Å². The number of halogens is 1. The normalized spacial score (nSPS) is 19.4. The van der Waals surface area contributed by atoms with Gasteiger partial charge in [-0.2, -0.15) is 11.8 Å². The Morgan fingerprint density at radius 3 is 2.94 bits per heavy atom. The molecule has 0 aliphatic carbocycles. The van der Waals surface area contributed by atoms with Crippen LogP contribution < -0.4 is 5.32 Å². The molecule has 2 rings (SSSR count). The standard InChI is InChI=1S/C11H13BrN2O2S2/c1-17-4-3-8-10(15)14(11(16)13-8)6-9-7(12)2-5-18-9/h2,5,8H,3-4,6H2,1H3,(H,13,16)/t8-/m1/s1. The molecule has 7 heteroatoms. The summed E-state index contributed by atoms with van der Waals surface area (Å²) in [6.45, 7) is 0.346. The fourth-order valence-corrected chi connectivity index (χ4v) is 3.68. The molecular weight excluding hydrogens is 336 g/mol. The number of carbonyl (C=O) groups is 2. The lowest BCUT2D eigenvalue weighted by molar-refractivity contribution is -0.127. The number of thioether (sulfide) groups is 1. The first kappa shape index (κ1) is 13.9. The largest absolute Gasteiger partial charge is 0.326 e. The van der Waals surface area contributed by atoms with Crippen molar-refractivity contribution in [2.75, 3.05) is 12.0 Å². The van der Waals surface area contributed by atoms with Crippen LogP contribution in [0.3, 0.4) is 0 Å². The number of hydrogen-bond acceptors (Lipinski definition) is 4. The van der Waals surface area contributed by atoms with Crippen LogP contribution in [-0.4, -0.2) is 34.9 Å². The Morgan fingerprint density at radius 2 is 2.33 bits per heavy atom. The molecule has 1 aliphatic heterocycles. The first-order valence-electron chi connectivity index (χ1n) is 5.46. The summed E-state index contributed by atoms with van der Waals surface area (Å²) in [5.74, 6) is 0.752. The minimum Gasteiger partial charge on any atom is -0.326 e. The van der Waals surface area contributed by atoms with E-state index in [0.29, 0.717) is 13.0 Å². The zero-order valence-electron chi connectivity index (χ0n) is 9.81. The minimum absolute atomic E-state index is 0.116. The van der Waals surface area contributed by atoms with Gasteiger partial charge in [-0.05, 0) is 45.8 Å². The average molecular weight is 349 g/mol. The average Bonchev–Trinajstić information content (AvgIpc) is 2.86. The van der Waals surface area contributed by atoms with Crippen LogP contribution in [0.5, 0.6) is 0 Å². The van der Waals surface area contributed by atoms with Gasteiger partial charge in [-0.1, -0.05) is 0 Å². The predicted octanol–water partition coefficient (Wildman–Crippen LogP) is 2.68. The Balaban J connectivity index is 2.03. The maximum Gasteiger partial charge on any atom is 0.325 e. The van der Waals surface area contributed by atoms with Crippen LogP contribution in [0.2, 0.25) is 0 Å². The fourth-order valence-electron chi connectivity index (χ4n) is 1.74. The lowest BCUT2D eigenvalue weighted by Gasteiger charge is -2.12. The van der Waals surface area contributed by atoms with Gasteiger partial charge in [0.15, 0.2) is 0 Å². The predicted molar refractivity (Wildman–Crippen MR) is 77.9 cm³/mol. The maximum atomic E-state index is 12.1. The molecule has 1 saturated heterocycles. The third-order valence-corrected chi connectivity index (χ3v) is 5.27. The number of rotatable bonds is 5. The Bertz CT molecular complexity index is 464. The molecule has 0 unspecified atom stereocenters. The van der Waals surface area contributed by atoms with E-state index in [0.717, 1.165) is 15.1 Å². The van der Waals surface area contributed by atoms with Gasteiger partial charge in [0.1, 0.15) is 6.04 Å². The molecule has 0 spiro atoms. The van der Waals surface area contributed by atoms with E-state index in [-0.39, 0.29) is 18.0 Å². The molecule has 1 atom stereocenters. The van der Waals surface area contributed by atoms with Crippen molar-refractivity contribution >= 4 is 51.0 Å². The number of amides is 3. The molecule has 98 valence electrons. The molecule has 2 heterocycles. The van der Waals surface area contributed by atoms with Gasteiger partial charge in [0, 0.05) is 9.35 Å². The summed E-state index contributed by atoms with van der Waals surface area (Å²) in [6, 6.07) is 1.28. The van der Waals surface area contributed by atoms with E-state index >= 15 is 0 Å². The van der Waals surface area contributed by atoms with Crippen molar-refractivity contribution in [2.24, 2.45) is 0 Å². The molecule has 1 fully saturated rings. The summed E-state index contributed by atoms with van der Waals surface area (Å²) < 4.78 is 0.945. The molecule has 0 aromatic carbocycles. The van der Waals surface area contributed by atoms with Crippen LogP contribution in [0.1, 0.15) is 11.3 Å². The summed E-state index contributed by atoms with van der Waals surface area (Å²) in [6.07, 6.45) is 2.68. The maximum absolute atomic E-state index is 12.1. The molecular formula is C11H13BrN2O2S2. The van der Waals surface area contributed by atoms with Crippen LogP contribution >= 0.6 is 39.0 Å². The van der Waals surface area contributed by atoms with Crippen molar-refractivity contribution in [3.05, 3.63) is 20.8 Å². The zero-order chi connectivity index (χ0) is 13.1. The summed E-state index contributed by atoms with van der Waals surface area (Å²) >= 11 is 6.62. The first-order valence-corrected chi connectivity index (χ1v) is 8.53. The molecule has 0 bridgehead atoms. The highest BCUT2D eigenvalue weighted by Gasteiger charge is 2.37. The van der Waals surface area contributed by atoms with E-state index in [9.17, 15) is 9.59 Å². The van der Waals surface area contributed by atoms with Crippen LogP contribution in [0.4, 0.5) is 4.79 Å². The number of urea groups is 1. The highest BCUT2D eigenvalue weighted by atomic mass is 79.9. The Hall–Kier alpha value is -0.530. The van der Waals surface area contributed by atoms with Gasteiger partial charge in [-0.25, -0.2) is 4.79 Å². The lowest BCUT2D eigenvalue weighted by Crippen LogP contribution is -2.31. The Morgan fingerprint density at radius 1 is 1.56 bits per heavy atom. The molecule has 1 N–H and O–H groups in total. The number of hydrogen-bond donors (Lipinski definition) is 1. The number of nitrogens with one attached hydrogen (secondary N) is 1. The van der Waals surface area contributed by atoms with E-state index in [4.69, 9.17) is 0 Å². The van der Waals surface area contributed by atoms with Crippen molar-refractivity contribution in [3.8, 4) is 0 Å². The Labute approximate surface area is 122 Å². The van der Waals surface area contributed by atoms with Crippen LogP contribution in [0.25, 0.3) is 0 Å². The van der Waals surface area contributed by atoms with Gasteiger partial charge in [0.2, 0.25) is 0 Å². The number of nitrogens with zero attached hydrogens (tertiary/aromatic N) is 1. The number of imide groups is 1. The summed E-state index contributed by atoms with van der Waals surface area (Å²) in [5, 5.41) is 4.67. The zero-order valence-corrected chi connectivity index (χ0v) is 13.0. The molecule has 18 heavy (non-hydrogen) atoms. The van der Waals surface area contributed by atoms with Crippen LogP contribution in [-0.2, 0) is 11.3 Å². The van der Waals surface area contributed by atoms with Gasteiger partial charge in [-0.15, -0.1) is 11.3 Å². The molecule has 1 aromatic heterocycles. The fraction of sp³-hybridized carbons (Fsp3) is 0.455. The summed E-state index contributed by atoms with van der Waals surface area (Å²) in [4.78, 5) is 26.1. The van der Waals surface area contributed by atoms with Crippen LogP contribution in [0.15, 0.2) is 15.9 Å². The SMILES string of the molecule is CSCC[C@H]1NC(=O)N(Cc2sccc2Br)C1=O. The molecule has 3 amide bonds. The second kappa shape index (κ2) is 6.08. The van der Waals surface area contributed by atoms with Gasteiger partial charge in [0.25, 0.3) is 5.91 Å². The molecule has 0 saturated carbocycles. The van der Waals surface area contributed by atoms with Gasteiger partial charge < -0.3 is 5.32 Å². The molecule has 0 radical (unpaired) electrons.